The van der Waals surface area contributed by atoms with Gasteiger partial charge < -0.3 is 15.5 Å². The van der Waals surface area contributed by atoms with Crippen LogP contribution in [0.3, 0.4) is 0 Å². The fraction of sp³-hybridized carbons (Fsp3) is 0.615. The maximum atomic E-state index is 5.90. The van der Waals surface area contributed by atoms with Crippen LogP contribution in [0.5, 0.6) is 0 Å². The summed E-state index contributed by atoms with van der Waals surface area (Å²) >= 11 is 0. The highest BCUT2D eigenvalue weighted by Crippen LogP contribution is 2.18. The van der Waals surface area contributed by atoms with Crippen molar-refractivity contribution in [1.82, 2.24) is 9.88 Å². The second-order valence-electron chi connectivity index (χ2n) is 4.66. The lowest BCUT2D eigenvalue weighted by molar-refractivity contribution is 0.270. The van der Waals surface area contributed by atoms with E-state index >= 15 is 0 Å². The summed E-state index contributed by atoms with van der Waals surface area (Å²) < 4.78 is 0. The quantitative estimate of drug-likeness (QED) is 0.855. The molecule has 1 aromatic heterocycles. The lowest BCUT2D eigenvalue weighted by atomic mass is 10.1. The van der Waals surface area contributed by atoms with Crippen molar-refractivity contribution in [2.24, 2.45) is 5.73 Å². The summed E-state index contributed by atoms with van der Waals surface area (Å²) in [6, 6.07) is 4.19. The molecule has 1 fully saturated rings. The number of piperazine rings is 1. The van der Waals surface area contributed by atoms with Crippen LogP contribution in [-0.2, 0) is 0 Å². The third-order valence-corrected chi connectivity index (χ3v) is 3.44. The molecule has 2 heterocycles. The molecule has 4 heteroatoms. The number of aromatic nitrogens is 1. The van der Waals surface area contributed by atoms with Crippen LogP contribution in [0.25, 0.3) is 0 Å². The van der Waals surface area contributed by atoms with E-state index in [4.69, 9.17) is 5.73 Å². The molecule has 0 unspecified atom stereocenters. The molecule has 1 aliphatic rings. The SMILES string of the molecule is CCN1CCN(c2cc([C@@H](C)N)ccn2)CC1. The Morgan fingerprint density at radius 2 is 2.06 bits per heavy atom. The summed E-state index contributed by atoms with van der Waals surface area (Å²) in [6.07, 6.45) is 1.86. The Labute approximate surface area is 103 Å². The van der Waals surface area contributed by atoms with Crippen LogP contribution in [0.2, 0.25) is 0 Å². The van der Waals surface area contributed by atoms with E-state index in [1.165, 1.54) is 0 Å². The Morgan fingerprint density at radius 1 is 1.35 bits per heavy atom. The van der Waals surface area contributed by atoms with Gasteiger partial charge in [-0.25, -0.2) is 4.98 Å². The second-order valence-corrected chi connectivity index (χ2v) is 4.66. The first-order valence-electron chi connectivity index (χ1n) is 6.39. The summed E-state index contributed by atoms with van der Waals surface area (Å²) in [5, 5.41) is 0. The number of pyridine rings is 1. The van der Waals surface area contributed by atoms with E-state index in [2.05, 4.69) is 27.8 Å². The normalized spacial score (nSPS) is 19.4. The molecule has 1 aliphatic heterocycles. The van der Waals surface area contributed by atoms with Gasteiger partial charge in [0.1, 0.15) is 5.82 Å². The predicted molar refractivity (Wildman–Crippen MR) is 71.2 cm³/mol. The van der Waals surface area contributed by atoms with Gasteiger partial charge in [0, 0.05) is 38.4 Å². The summed E-state index contributed by atoms with van der Waals surface area (Å²) in [6.45, 7) is 9.73. The highest BCUT2D eigenvalue weighted by atomic mass is 15.3. The van der Waals surface area contributed by atoms with E-state index < -0.39 is 0 Å². The Hall–Kier alpha value is -1.13. The molecule has 0 aliphatic carbocycles. The molecule has 94 valence electrons. The zero-order valence-corrected chi connectivity index (χ0v) is 10.8. The monoisotopic (exact) mass is 234 g/mol. The summed E-state index contributed by atoms with van der Waals surface area (Å²) in [5.74, 6) is 1.07. The van der Waals surface area contributed by atoms with Crippen molar-refractivity contribution in [3.63, 3.8) is 0 Å². The number of nitrogens with zero attached hydrogens (tertiary/aromatic N) is 3. The van der Waals surface area contributed by atoms with E-state index in [0.717, 1.165) is 44.1 Å². The van der Waals surface area contributed by atoms with Crippen molar-refractivity contribution in [2.45, 2.75) is 19.9 Å². The number of anilines is 1. The fourth-order valence-corrected chi connectivity index (χ4v) is 2.18. The molecule has 17 heavy (non-hydrogen) atoms. The largest absolute Gasteiger partial charge is 0.354 e. The average molecular weight is 234 g/mol. The average Bonchev–Trinajstić information content (AvgIpc) is 2.39. The zero-order chi connectivity index (χ0) is 12.3. The summed E-state index contributed by atoms with van der Waals surface area (Å²) in [7, 11) is 0. The Bertz CT molecular complexity index is 356. The van der Waals surface area contributed by atoms with Gasteiger partial charge in [-0.2, -0.15) is 0 Å². The Morgan fingerprint density at radius 3 is 2.65 bits per heavy atom. The van der Waals surface area contributed by atoms with Gasteiger partial charge in [-0.1, -0.05) is 6.92 Å². The minimum Gasteiger partial charge on any atom is -0.354 e. The van der Waals surface area contributed by atoms with E-state index in [-0.39, 0.29) is 6.04 Å². The molecule has 1 saturated heterocycles. The molecule has 1 aromatic rings. The van der Waals surface area contributed by atoms with Crippen molar-refractivity contribution >= 4 is 5.82 Å². The number of likely N-dealkylation sites (N-methyl/N-ethyl adjacent to an activating group) is 1. The smallest absolute Gasteiger partial charge is 0.128 e. The van der Waals surface area contributed by atoms with Gasteiger partial charge in [0.25, 0.3) is 0 Å². The van der Waals surface area contributed by atoms with Crippen molar-refractivity contribution in [3.05, 3.63) is 23.9 Å². The second kappa shape index (κ2) is 5.47. The van der Waals surface area contributed by atoms with Gasteiger partial charge in [-0.05, 0) is 31.2 Å². The molecule has 0 spiro atoms. The van der Waals surface area contributed by atoms with Crippen molar-refractivity contribution in [2.75, 3.05) is 37.6 Å². The van der Waals surface area contributed by atoms with E-state index in [1.54, 1.807) is 0 Å². The molecule has 1 atom stereocenters. The molecule has 0 amide bonds. The fourth-order valence-electron chi connectivity index (χ4n) is 2.18. The molecule has 2 rings (SSSR count). The minimum absolute atomic E-state index is 0.0775. The van der Waals surface area contributed by atoms with Gasteiger partial charge in [0.05, 0.1) is 0 Å². The molecular formula is C13H22N4. The number of hydrogen-bond donors (Lipinski definition) is 1. The molecule has 2 N–H and O–H groups in total. The van der Waals surface area contributed by atoms with Gasteiger partial charge >= 0.3 is 0 Å². The van der Waals surface area contributed by atoms with Crippen LogP contribution in [0.4, 0.5) is 5.82 Å². The van der Waals surface area contributed by atoms with Crippen LogP contribution in [0.15, 0.2) is 18.3 Å². The Balaban J connectivity index is 2.05. The van der Waals surface area contributed by atoms with Crippen LogP contribution in [0.1, 0.15) is 25.5 Å². The van der Waals surface area contributed by atoms with Gasteiger partial charge in [0.15, 0.2) is 0 Å². The maximum absolute atomic E-state index is 5.90. The highest BCUT2D eigenvalue weighted by molar-refractivity contribution is 5.42. The summed E-state index contributed by atoms with van der Waals surface area (Å²) in [4.78, 5) is 9.26. The van der Waals surface area contributed by atoms with Gasteiger partial charge in [-0.3, -0.25) is 0 Å². The lowest BCUT2D eigenvalue weighted by Crippen LogP contribution is -2.46. The van der Waals surface area contributed by atoms with Crippen LogP contribution >= 0.6 is 0 Å². The number of rotatable bonds is 3. The molecule has 0 bridgehead atoms. The van der Waals surface area contributed by atoms with Crippen molar-refractivity contribution < 1.29 is 0 Å². The van der Waals surface area contributed by atoms with Crippen molar-refractivity contribution in [3.8, 4) is 0 Å². The molecule has 0 aromatic carbocycles. The van der Waals surface area contributed by atoms with Crippen molar-refractivity contribution in [1.29, 1.82) is 0 Å². The molecule has 0 radical (unpaired) electrons. The zero-order valence-electron chi connectivity index (χ0n) is 10.8. The minimum atomic E-state index is 0.0775. The molecule has 4 nitrogen and oxygen atoms in total. The van der Waals surface area contributed by atoms with E-state index in [1.807, 2.05) is 19.2 Å². The van der Waals surface area contributed by atoms with Gasteiger partial charge in [0.2, 0.25) is 0 Å². The molecule has 0 saturated carbocycles. The van der Waals surface area contributed by atoms with Crippen LogP contribution in [0, 0.1) is 0 Å². The van der Waals surface area contributed by atoms with E-state index in [9.17, 15) is 0 Å². The van der Waals surface area contributed by atoms with Gasteiger partial charge in [-0.15, -0.1) is 0 Å². The third-order valence-electron chi connectivity index (χ3n) is 3.44. The predicted octanol–water partition coefficient (Wildman–Crippen LogP) is 1.24. The summed E-state index contributed by atoms with van der Waals surface area (Å²) in [5.41, 5.74) is 7.06. The van der Waals surface area contributed by atoms with E-state index in [0.29, 0.717) is 0 Å². The first-order valence-corrected chi connectivity index (χ1v) is 6.39. The third kappa shape index (κ3) is 2.96. The Kier molecular flexibility index (Phi) is 3.97. The number of hydrogen-bond acceptors (Lipinski definition) is 4. The lowest BCUT2D eigenvalue weighted by Gasteiger charge is -2.34. The standard InChI is InChI=1S/C13H22N4/c1-3-16-6-8-17(9-7-16)13-10-12(11(2)14)4-5-15-13/h4-5,10-11H,3,6-9,14H2,1-2H3/t11-/m1/s1. The number of nitrogens with two attached hydrogens (primary N) is 1. The first-order chi connectivity index (χ1) is 8.20. The molecular weight excluding hydrogens is 212 g/mol. The maximum Gasteiger partial charge on any atom is 0.128 e. The topological polar surface area (TPSA) is 45.4 Å². The van der Waals surface area contributed by atoms with Crippen LogP contribution < -0.4 is 10.6 Å². The van der Waals surface area contributed by atoms with Crippen LogP contribution in [-0.4, -0.2) is 42.6 Å². The highest BCUT2D eigenvalue weighted by Gasteiger charge is 2.17. The first kappa shape index (κ1) is 12.3.